The minimum atomic E-state index is -0.578. The largest absolute Gasteiger partial charge is 0.497 e. The van der Waals surface area contributed by atoms with E-state index in [0.717, 1.165) is 16.8 Å². The highest BCUT2D eigenvalue weighted by atomic mass is 32.2. The van der Waals surface area contributed by atoms with Gasteiger partial charge in [0.1, 0.15) is 11.0 Å². The summed E-state index contributed by atoms with van der Waals surface area (Å²) in [6, 6.07) is 30.6. The minimum absolute atomic E-state index is 0.176. The Morgan fingerprint density at radius 3 is 2.42 bits per heavy atom. The molecule has 36 heavy (non-hydrogen) atoms. The number of pyridine rings is 1. The van der Waals surface area contributed by atoms with E-state index in [2.05, 4.69) is 20.5 Å². The third-order valence-electron chi connectivity index (χ3n) is 5.47. The van der Waals surface area contributed by atoms with Crippen molar-refractivity contribution in [1.82, 2.24) is 19.7 Å². The first-order valence-electron chi connectivity index (χ1n) is 11.3. The number of ether oxygens (including phenoxy) is 1. The van der Waals surface area contributed by atoms with Crippen LogP contribution in [-0.2, 0) is 4.79 Å². The fourth-order valence-electron chi connectivity index (χ4n) is 3.75. The fourth-order valence-corrected chi connectivity index (χ4v) is 4.81. The summed E-state index contributed by atoms with van der Waals surface area (Å²) >= 11 is 1.34. The standard InChI is InChI=1S/C28H23N5O2S/c1-35-24-16-8-13-22(18-24)30-27(34)25(20-10-4-2-5-11-20)36-28-32-31-26(21-12-9-17-29-19-21)33(28)23-14-6-3-7-15-23/h2-19,25H,1H3,(H,30,34)/t25-/m0/s1. The molecule has 0 aliphatic rings. The van der Waals surface area contributed by atoms with Crippen molar-refractivity contribution in [1.29, 1.82) is 0 Å². The van der Waals surface area contributed by atoms with E-state index < -0.39 is 5.25 Å². The Hall–Kier alpha value is -4.43. The number of thioether (sulfide) groups is 1. The summed E-state index contributed by atoms with van der Waals surface area (Å²) in [7, 11) is 1.60. The number of amides is 1. The molecule has 0 aliphatic carbocycles. The molecule has 0 aliphatic heterocycles. The quantitative estimate of drug-likeness (QED) is 0.275. The summed E-state index contributed by atoms with van der Waals surface area (Å²) in [5, 5.41) is 12.0. The number of carbonyl (C=O) groups excluding carboxylic acids is 1. The number of nitrogens with zero attached hydrogens (tertiary/aromatic N) is 4. The Labute approximate surface area is 213 Å². The molecule has 2 aromatic heterocycles. The molecule has 0 saturated heterocycles. The molecule has 0 bridgehead atoms. The Morgan fingerprint density at radius 2 is 1.69 bits per heavy atom. The van der Waals surface area contributed by atoms with Gasteiger partial charge in [-0.05, 0) is 42.0 Å². The molecule has 0 spiro atoms. The third-order valence-corrected chi connectivity index (χ3v) is 6.67. The lowest BCUT2D eigenvalue weighted by Crippen LogP contribution is -2.19. The Bertz CT molecular complexity index is 1440. The first-order valence-corrected chi connectivity index (χ1v) is 12.2. The van der Waals surface area contributed by atoms with Crippen molar-refractivity contribution in [3.05, 3.63) is 115 Å². The molecular formula is C28H23N5O2S. The second kappa shape index (κ2) is 10.9. The molecule has 1 amide bonds. The summed E-state index contributed by atoms with van der Waals surface area (Å²) in [6.07, 6.45) is 3.47. The van der Waals surface area contributed by atoms with Gasteiger partial charge in [0, 0.05) is 35.4 Å². The van der Waals surface area contributed by atoms with E-state index in [9.17, 15) is 4.79 Å². The molecule has 0 fully saturated rings. The van der Waals surface area contributed by atoms with Gasteiger partial charge in [-0.15, -0.1) is 10.2 Å². The van der Waals surface area contributed by atoms with E-state index in [-0.39, 0.29) is 5.91 Å². The van der Waals surface area contributed by atoms with Crippen LogP contribution in [0.3, 0.4) is 0 Å². The van der Waals surface area contributed by atoms with Crippen molar-refractivity contribution in [3.63, 3.8) is 0 Å². The van der Waals surface area contributed by atoms with Crippen molar-refractivity contribution in [2.75, 3.05) is 12.4 Å². The van der Waals surface area contributed by atoms with Gasteiger partial charge in [-0.1, -0.05) is 66.4 Å². The van der Waals surface area contributed by atoms with Gasteiger partial charge in [0.05, 0.1) is 7.11 Å². The van der Waals surface area contributed by atoms with Crippen molar-refractivity contribution < 1.29 is 9.53 Å². The fraction of sp³-hybridized carbons (Fsp3) is 0.0714. The molecule has 2 heterocycles. The normalized spacial score (nSPS) is 11.6. The van der Waals surface area contributed by atoms with E-state index in [1.165, 1.54) is 11.8 Å². The molecule has 178 valence electrons. The monoisotopic (exact) mass is 493 g/mol. The van der Waals surface area contributed by atoms with Crippen LogP contribution in [0.4, 0.5) is 5.69 Å². The summed E-state index contributed by atoms with van der Waals surface area (Å²) in [6.45, 7) is 0. The number of nitrogens with one attached hydrogen (secondary N) is 1. The Kier molecular flexibility index (Phi) is 7.05. The van der Waals surface area contributed by atoms with Crippen molar-refractivity contribution in [2.45, 2.75) is 10.4 Å². The van der Waals surface area contributed by atoms with Gasteiger partial charge in [0.25, 0.3) is 0 Å². The van der Waals surface area contributed by atoms with Gasteiger partial charge in [-0.2, -0.15) is 0 Å². The summed E-state index contributed by atoms with van der Waals surface area (Å²) in [5.74, 6) is 1.14. The van der Waals surface area contributed by atoms with E-state index in [1.807, 2.05) is 95.6 Å². The van der Waals surface area contributed by atoms with Gasteiger partial charge in [0.2, 0.25) is 5.91 Å². The van der Waals surface area contributed by atoms with Crippen LogP contribution in [0.5, 0.6) is 5.75 Å². The predicted molar refractivity (Wildman–Crippen MR) is 141 cm³/mol. The molecule has 7 nitrogen and oxygen atoms in total. The average Bonchev–Trinajstić information content (AvgIpc) is 3.37. The van der Waals surface area contributed by atoms with E-state index in [4.69, 9.17) is 4.74 Å². The Morgan fingerprint density at radius 1 is 0.917 bits per heavy atom. The average molecular weight is 494 g/mol. The highest BCUT2D eigenvalue weighted by Crippen LogP contribution is 2.38. The van der Waals surface area contributed by atoms with Crippen molar-refractivity contribution >= 4 is 23.4 Å². The maximum Gasteiger partial charge on any atom is 0.242 e. The lowest BCUT2D eigenvalue weighted by molar-refractivity contribution is -0.115. The van der Waals surface area contributed by atoms with Crippen LogP contribution in [0.2, 0.25) is 0 Å². The smallest absolute Gasteiger partial charge is 0.242 e. The topological polar surface area (TPSA) is 81.9 Å². The highest BCUT2D eigenvalue weighted by Gasteiger charge is 2.27. The van der Waals surface area contributed by atoms with Crippen molar-refractivity contribution in [3.8, 4) is 22.8 Å². The first kappa shape index (κ1) is 23.3. The number of anilines is 1. The van der Waals surface area contributed by atoms with Crippen LogP contribution >= 0.6 is 11.8 Å². The van der Waals surface area contributed by atoms with Gasteiger partial charge in [0.15, 0.2) is 11.0 Å². The second-order valence-corrected chi connectivity index (χ2v) is 8.92. The number of methoxy groups -OCH3 is 1. The van der Waals surface area contributed by atoms with Crippen LogP contribution in [0.25, 0.3) is 17.1 Å². The first-order chi connectivity index (χ1) is 17.7. The Balaban J connectivity index is 1.54. The number of aromatic nitrogens is 4. The van der Waals surface area contributed by atoms with Gasteiger partial charge < -0.3 is 10.1 Å². The molecule has 5 rings (SSSR count). The van der Waals surface area contributed by atoms with Gasteiger partial charge in [-0.25, -0.2) is 0 Å². The van der Waals surface area contributed by atoms with Crippen LogP contribution in [0, 0.1) is 0 Å². The predicted octanol–water partition coefficient (Wildman–Crippen LogP) is 5.81. The molecule has 3 aromatic carbocycles. The van der Waals surface area contributed by atoms with Crippen LogP contribution in [0.15, 0.2) is 115 Å². The molecular weight excluding hydrogens is 470 g/mol. The van der Waals surface area contributed by atoms with E-state index in [0.29, 0.717) is 22.4 Å². The number of carbonyl (C=O) groups is 1. The summed E-state index contributed by atoms with van der Waals surface area (Å²) in [5.41, 5.74) is 3.23. The number of benzene rings is 3. The number of hydrogen-bond donors (Lipinski definition) is 1. The third kappa shape index (κ3) is 5.13. The van der Waals surface area contributed by atoms with Gasteiger partial charge >= 0.3 is 0 Å². The molecule has 0 saturated carbocycles. The summed E-state index contributed by atoms with van der Waals surface area (Å²) in [4.78, 5) is 17.8. The zero-order valence-corrected chi connectivity index (χ0v) is 20.3. The van der Waals surface area contributed by atoms with E-state index in [1.54, 1.807) is 25.6 Å². The zero-order valence-electron chi connectivity index (χ0n) is 19.5. The van der Waals surface area contributed by atoms with E-state index >= 15 is 0 Å². The molecule has 1 atom stereocenters. The molecule has 1 N–H and O–H groups in total. The van der Waals surface area contributed by atoms with Crippen molar-refractivity contribution in [2.24, 2.45) is 0 Å². The number of para-hydroxylation sites is 1. The van der Waals surface area contributed by atoms with Crippen LogP contribution < -0.4 is 10.1 Å². The molecule has 0 unspecified atom stereocenters. The lowest BCUT2D eigenvalue weighted by Gasteiger charge is -2.18. The number of rotatable bonds is 8. The lowest BCUT2D eigenvalue weighted by atomic mass is 10.1. The highest BCUT2D eigenvalue weighted by molar-refractivity contribution is 8.00. The van der Waals surface area contributed by atoms with Gasteiger partial charge in [-0.3, -0.25) is 14.3 Å². The maximum atomic E-state index is 13.6. The van der Waals surface area contributed by atoms with Crippen LogP contribution in [0.1, 0.15) is 10.8 Å². The number of hydrogen-bond acceptors (Lipinski definition) is 6. The second-order valence-electron chi connectivity index (χ2n) is 7.85. The molecule has 5 aromatic rings. The SMILES string of the molecule is COc1cccc(NC(=O)[C@@H](Sc2nnc(-c3cccnc3)n2-c2ccccc2)c2ccccc2)c1. The van der Waals surface area contributed by atoms with Crippen LogP contribution in [-0.4, -0.2) is 32.8 Å². The summed E-state index contributed by atoms with van der Waals surface area (Å²) < 4.78 is 7.26. The molecule has 8 heteroatoms. The molecule has 0 radical (unpaired) electrons. The maximum absolute atomic E-state index is 13.6. The minimum Gasteiger partial charge on any atom is -0.497 e. The zero-order chi connectivity index (χ0) is 24.7.